The Morgan fingerprint density at radius 3 is 2.19 bits per heavy atom. The lowest BCUT2D eigenvalue weighted by Crippen LogP contribution is -2.35. The number of tetrazole rings is 1. The van der Waals surface area contributed by atoms with Crippen LogP contribution in [0.15, 0.2) is 65.8 Å². The molecule has 36 heavy (non-hydrogen) atoms. The molecule has 3 N–H and O–H groups in total. The summed E-state index contributed by atoms with van der Waals surface area (Å²) in [7, 11) is -3.32. The second kappa shape index (κ2) is 11.4. The smallest absolute Gasteiger partial charge is 0.227 e. The number of benzene rings is 2. The molecule has 0 saturated carbocycles. The van der Waals surface area contributed by atoms with E-state index in [2.05, 4.69) is 41.2 Å². The molecule has 0 spiro atoms. The van der Waals surface area contributed by atoms with E-state index in [0.717, 1.165) is 35.5 Å². The van der Waals surface area contributed by atoms with Gasteiger partial charge in [-0.15, -0.1) is 22.6 Å². The van der Waals surface area contributed by atoms with Crippen molar-refractivity contribution in [2.75, 3.05) is 18.4 Å². The first-order valence-electron chi connectivity index (χ1n) is 11.2. The van der Waals surface area contributed by atoms with Gasteiger partial charge < -0.3 is 10.6 Å². The maximum Gasteiger partial charge on any atom is 0.227 e. The van der Waals surface area contributed by atoms with Crippen molar-refractivity contribution in [3.8, 4) is 11.4 Å². The predicted octanol–water partition coefficient (Wildman–Crippen LogP) is 3.52. The van der Waals surface area contributed by atoms with Crippen LogP contribution in [0, 0.1) is 0 Å². The van der Waals surface area contributed by atoms with E-state index in [0.29, 0.717) is 29.5 Å². The number of halogens is 1. The summed E-state index contributed by atoms with van der Waals surface area (Å²) < 4.78 is 25.7. The van der Waals surface area contributed by atoms with Crippen LogP contribution in [0.4, 0.5) is 11.6 Å². The average Bonchev–Trinajstić information content (AvgIpc) is 3.45. The van der Waals surface area contributed by atoms with Gasteiger partial charge in [0, 0.05) is 29.2 Å². The fourth-order valence-electron chi connectivity index (χ4n) is 3.86. The van der Waals surface area contributed by atoms with Gasteiger partial charge in [-0.2, -0.15) is 5.21 Å². The van der Waals surface area contributed by atoms with Crippen molar-refractivity contribution >= 4 is 46.0 Å². The maximum absolute atomic E-state index is 12.8. The molecule has 0 radical (unpaired) electrons. The number of rotatable bonds is 7. The molecule has 0 bridgehead atoms. The molecule has 186 valence electrons. The summed E-state index contributed by atoms with van der Waals surface area (Å²) in [6, 6.07) is 14.5. The highest BCUT2D eigenvalue weighted by Gasteiger charge is 2.28. The predicted molar refractivity (Wildman–Crippen MR) is 141 cm³/mol. The van der Waals surface area contributed by atoms with Gasteiger partial charge in [0.1, 0.15) is 0 Å². The van der Waals surface area contributed by atoms with Crippen LogP contribution >= 0.6 is 12.4 Å². The maximum atomic E-state index is 12.8. The zero-order valence-corrected chi connectivity index (χ0v) is 20.8. The van der Waals surface area contributed by atoms with Crippen LogP contribution in [0.25, 0.3) is 23.5 Å². The lowest BCUT2D eigenvalue weighted by Gasteiger charge is -2.22. The van der Waals surface area contributed by atoms with Crippen LogP contribution in [0.1, 0.15) is 24.0 Å². The average molecular weight is 525 g/mol. The number of sulfone groups is 1. The first kappa shape index (κ1) is 25.4. The van der Waals surface area contributed by atoms with Gasteiger partial charge in [-0.3, -0.25) is 0 Å². The fraction of sp³-hybridized carbons (Fsp3) is 0.208. The SMILES string of the molecule is Cl.O=S(=O)(c1ccc(Nc2ncc(C=Cc3ccc(-c4nn[nH]n4)cc3)cn2)cc1)C1CCNCC1. The van der Waals surface area contributed by atoms with Crippen LogP contribution in [-0.2, 0) is 9.84 Å². The van der Waals surface area contributed by atoms with Gasteiger partial charge in [0.05, 0.1) is 10.1 Å². The van der Waals surface area contributed by atoms with Gasteiger partial charge in [0.15, 0.2) is 9.84 Å². The quantitative estimate of drug-likeness (QED) is 0.331. The Balaban J connectivity index is 0.00000304. The summed E-state index contributed by atoms with van der Waals surface area (Å²) in [5.41, 5.74) is 3.46. The van der Waals surface area contributed by atoms with E-state index >= 15 is 0 Å². The van der Waals surface area contributed by atoms with Gasteiger partial charge in [0.2, 0.25) is 11.8 Å². The van der Waals surface area contributed by atoms with Crippen LogP contribution in [0.2, 0.25) is 0 Å². The highest BCUT2D eigenvalue weighted by molar-refractivity contribution is 7.92. The Morgan fingerprint density at radius 2 is 1.56 bits per heavy atom. The first-order chi connectivity index (χ1) is 17.1. The Kier molecular flexibility index (Phi) is 8.04. The monoisotopic (exact) mass is 524 g/mol. The Hall–Kier alpha value is -3.67. The molecule has 1 fully saturated rings. The third-order valence-corrected chi connectivity index (χ3v) is 8.10. The highest BCUT2D eigenvalue weighted by Crippen LogP contribution is 2.24. The molecule has 0 aliphatic carbocycles. The Bertz CT molecular complexity index is 1390. The van der Waals surface area contributed by atoms with Crippen molar-refractivity contribution in [2.24, 2.45) is 0 Å². The largest absolute Gasteiger partial charge is 0.324 e. The number of anilines is 2. The van der Waals surface area contributed by atoms with E-state index in [9.17, 15) is 8.42 Å². The second-order valence-electron chi connectivity index (χ2n) is 8.17. The van der Waals surface area contributed by atoms with Crippen LogP contribution in [0.5, 0.6) is 0 Å². The van der Waals surface area contributed by atoms with Crippen molar-refractivity contribution in [3.63, 3.8) is 0 Å². The number of hydrogen-bond acceptors (Lipinski definition) is 9. The van der Waals surface area contributed by atoms with E-state index < -0.39 is 9.84 Å². The van der Waals surface area contributed by atoms with Gasteiger partial charge in [-0.05, 0) is 61.0 Å². The molecule has 10 nitrogen and oxygen atoms in total. The molecule has 1 saturated heterocycles. The molecular formula is C24H25ClN8O2S. The van der Waals surface area contributed by atoms with E-state index in [1.807, 2.05) is 36.4 Å². The zero-order valence-electron chi connectivity index (χ0n) is 19.2. The number of H-pyrrole nitrogens is 1. The van der Waals surface area contributed by atoms with E-state index in [1.54, 1.807) is 36.7 Å². The third-order valence-electron chi connectivity index (χ3n) is 5.82. The molecule has 3 heterocycles. The lowest BCUT2D eigenvalue weighted by molar-refractivity contribution is 0.496. The van der Waals surface area contributed by atoms with Crippen LogP contribution < -0.4 is 10.6 Å². The van der Waals surface area contributed by atoms with E-state index in [4.69, 9.17) is 0 Å². The molecule has 2 aromatic heterocycles. The Morgan fingerprint density at radius 1 is 0.889 bits per heavy atom. The minimum Gasteiger partial charge on any atom is -0.324 e. The van der Waals surface area contributed by atoms with Crippen molar-refractivity contribution in [1.29, 1.82) is 0 Å². The first-order valence-corrected chi connectivity index (χ1v) is 12.8. The summed E-state index contributed by atoms with van der Waals surface area (Å²) in [5, 5.41) is 19.9. The van der Waals surface area contributed by atoms with Gasteiger partial charge in [-0.1, -0.05) is 36.4 Å². The molecule has 4 aromatic rings. The number of nitrogens with one attached hydrogen (secondary N) is 3. The lowest BCUT2D eigenvalue weighted by atomic mass is 10.1. The van der Waals surface area contributed by atoms with Gasteiger partial charge in [-0.25, -0.2) is 18.4 Å². The molecule has 0 amide bonds. The summed E-state index contributed by atoms with van der Waals surface area (Å²) >= 11 is 0. The summed E-state index contributed by atoms with van der Waals surface area (Å²) in [4.78, 5) is 9.06. The van der Waals surface area contributed by atoms with Crippen LogP contribution in [-0.4, -0.2) is 57.3 Å². The molecule has 2 aromatic carbocycles. The Labute approximate surface area is 215 Å². The molecule has 12 heteroatoms. The van der Waals surface area contributed by atoms with Crippen molar-refractivity contribution in [1.82, 2.24) is 35.9 Å². The number of aromatic amines is 1. The van der Waals surface area contributed by atoms with E-state index in [-0.39, 0.29) is 17.7 Å². The number of nitrogens with zero attached hydrogens (tertiary/aromatic N) is 5. The number of hydrogen-bond donors (Lipinski definition) is 3. The van der Waals surface area contributed by atoms with Crippen molar-refractivity contribution < 1.29 is 8.42 Å². The second-order valence-corrected chi connectivity index (χ2v) is 10.4. The number of piperidine rings is 1. The standard InChI is InChI=1S/C24H24N8O2S.ClH/c33-35(34,22-11-13-25-14-12-22)21-9-7-20(8-10-21)28-24-26-15-18(16-27-24)2-1-17-3-5-19(6-4-17)23-29-31-32-30-23;/h1-10,15-16,22,25H,11-14H2,(H,26,27,28)(H,29,30,31,32);1H. The molecule has 0 atom stereocenters. The summed E-state index contributed by atoms with van der Waals surface area (Å²) in [5.74, 6) is 0.982. The van der Waals surface area contributed by atoms with Crippen molar-refractivity contribution in [2.45, 2.75) is 23.0 Å². The molecule has 0 unspecified atom stereocenters. The summed E-state index contributed by atoms with van der Waals surface area (Å²) in [6.07, 6.45) is 8.61. The van der Waals surface area contributed by atoms with Crippen LogP contribution in [0.3, 0.4) is 0 Å². The fourth-order valence-corrected chi connectivity index (χ4v) is 5.62. The molecular weight excluding hydrogens is 500 g/mol. The topological polar surface area (TPSA) is 138 Å². The normalized spacial score (nSPS) is 14.4. The van der Waals surface area contributed by atoms with Gasteiger partial charge >= 0.3 is 0 Å². The summed E-state index contributed by atoms with van der Waals surface area (Å²) in [6.45, 7) is 1.47. The molecule has 1 aliphatic heterocycles. The van der Waals surface area contributed by atoms with Gasteiger partial charge in [0.25, 0.3) is 0 Å². The minimum atomic E-state index is -3.32. The minimum absolute atomic E-state index is 0. The number of aromatic nitrogens is 6. The molecule has 5 rings (SSSR count). The third kappa shape index (κ3) is 5.93. The highest BCUT2D eigenvalue weighted by atomic mass is 35.5. The molecule has 1 aliphatic rings. The zero-order chi connectivity index (χ0) is 24.1. The van der Waals surface area contributed by atoms with Crippen molar-refractivity contribution in [3.05, 3.63) is 72.1 Å². The van der Waals surface area contributed by atoms with E-state index in [1.165, 1.54) is 0 Å².